The number of nitrogens with zero attached hydrogens (tertiary/aromatic N) is 1. The highest BCUT2D eigenvalue weighted by Gasteiger charge is 2.13. The minimum absolute atomic E-state index is 0.115. The first-order valence-electron chi connectivity index (χ1n) is 5.76. The minimum atomic E-state index is -0.390. The van der Waals surface area contributed by atoms with Gasteiger partial charge in [0.05, 0.1) is 9.26 Å². The molecule has 1 N–H and O–H groups in total. The van der Waals surface area contributed by atoms with Gasteiger partial charge in [-0.2, -0.15) is 0 Å². The van der Waals surface area contributed by atoms with E-state index in [1.807, 2.05) is 19.2 Å². The lowest BCUT2D eigenvalue weighted by Crippen LogP contribution is -2.17. The molecule has 4 nitrogen and oxygen atoms in total. The Morgan fingerprint density at radius 3 is 2.47 bits per heavy atom. The number of thiophene rings is 1. The molecule has 0 fully saturated rings. The Morgan fingerprint density at radius 1 is 1.32 bits per heavy atom. The van der Waals surface area contributed by atoms with E-state index in [4.69, 9.17) is 11.6 Å². The summed E-state index contributed by atoms with van der Waals surface area (Å²) in [5, 5.41) is 13.8. The van der Waals surface area contributed by atoms with Crippen LogP contribution in [0.4, 0.5) is 5.69 Å². The molecule has 0 spiro atoms. The molecule has 2 aromatic rings. The highest BCUT2D eigenvalue weighted by Crippen LogP contribution is 2.29. The fourth-order valence-corrected chi connectivity index (χ4v) is 3.02. The molecule has 6 heteroatoms. The van der Waals surface area contributed by atoms with Crippen LogP contribution in [0.1, 0.15) is 16.5 Å². The summed E-state index contributed by atoms with van der Waals surface area (Å²) in [6, 6.07) is 10.7. The average molecular weight is 297 g/mol. The van der Waals surface area contributed by atoms with Crippen molar-refractivity contribution < 1.29 is 4.92 Å². The normalized spacial score (nSPS) is 12.3. The van der Waals surface area contributed by atoms with Crippen molar-refractivity contribution in [3.63, 3.8) is 0 Å². The van der Waals surface area contributed by atoms with Crippen LogP contribution in [0, 0.1) is 10.1 Å². The molecule has 0 bridgehead atoms. The molecule has 0 aliphatic carbocycles. The number of halogens is 1. The second-order valence-corrected chi connectivity index (χ2v) is 5.86. The van der Waals surface area contributed by atoms with Gasteiger partial charge in [0.1, 0.15) is 0 Å². The maximum absolute atomic E-state index is 10.6. The zero-order valence-corrected chi connectivity index (χ0v) is 11.9. The van der Waals surface area contributed by atoms with Crippen molar-refractivity contribution in [1.29, 1.82) is 0 Å². The van der Waals surface area contributed by atoms with Crippen molar-refractivity contribution in [3.05, 3.63) is 61.3 Å². The van der Waals surface area contributed by atoms with Crippen LogP contribution in [-0.2, 0) is 6.42 Å². The summed E-state index contributed by atoms with van der Waals surface area (Å²) in [5.41, 5.74) is 1.17. The number of nitrogens with one attached hydrogen (secondary N) is 1. The number of rotatable bonds is 5. The molecule has 1 heterocycles. The fraction of sp³-hybridized carbons (Fsp3) is 0.231. The van der Waals surface area contributed by atoms with Gasteiger partial charge in [0.15, 0.2) is 0 Å². The van der Waals surface area contributed by atoms with E-state index in [9.17, 15) is 10.1 Å². The zero-order chi connectivity index (χ0) is 13.8. The summed E-state index contributed by atoms with van der Waals surface area (Å²) in [6.07, 6.45) is 0.769. The Kier molecular flexibility index (Phi) is 4.52. The lowest BCUT2D eigenvalue weighted by atomic mass is 10.0. The SMILES string of the molecule is CNC(Cc1ccc([N+](=O)[O-])cc1)c1ccc(Cl)s1. The van der Waals surface area contributed by atoms with Crippen molar-refractivity contribution >= 4 is 28.6 Å². The number of benzene rings is 1. The molecule has 0 aliphatic rings. The van der Waals surface area contributed by atoms with Gasteiger partial charge >= 0.3 is 0 Å². The van der Waals surface area contributed by atoms with Gasteiger partial charge < -0.3 is 5.32 Å². The van der Waals surface area contributed by atoms with Crippen molar-refractivity contribution in [2.75, 3.05) is 7.05 Å². The van der Waals surface area contributed by atoms with Gasteiger partial charge in [0.2, 0.25) is 0 Å². The second kappa shape index (κ2) is 6.14. The van der Waals surface area contributed by atoms with Gasteiger partial charge in [-0.15, -0.1) is 11.3 Å². The van der Waals surface area contributed by atoms with Crippen LogP contribution in [-0.4, -0.2) is 12.0 Å². The van der Waals surface area contributed by atoms with Crippen LogP contribution >= 0.6 is 22.9 Å². The third kappa shape index (κ3) is 3.53. The molecule has 0 saturated heterocycles. The van der Waals surface area contributed by atoms with Gasteiger partial charge in [-0.25, -0.2) is 0 Å². The van der Waals surface area contributed by atoms with Crippen LogP contribution in [0.25, 0.3) is 0 Å². The topological polar surface area (TPSA) is 55.2 Å². The fourth-order valence-electron chi connectivity index (χ4n) is 1.85. The summed E-state index contributed by atoms with van der Waals surface area (Å²) in [4.78, 5) is 11.4. The van der Waals surface area contributed by atoms with Gasteiger partial charge in [0, 0.05) is 23.1 Å². The largest absolute Gasteiger partial charge is 0.312 e. The summed E-state index contributed by atoms with van der Waals surface area (Å²) in [7, 11) is 1.89. The Balaban J connectivity index is 2.12. The zero-order valence-electron chi connectivity index (χ0n) is 10.3. The van der Waals surface area contributed by atoms with Gasteiger partial charge in [-0.1, -0.05) is 23.7 Å². The van der Waals surface area contributed by atoms with Crippen molar-refractivity contribution in [1.82, 2.24) is 5.32 Å². The van der Waals surface area contributed by atoms with Gasteiger partial charge in [-0.05, 0) is 31.2 Å². The number of nitro benzene ring substituents is 1. The van der Waals surface area contributed by atoms with Crippen molar-refractivity contribution in [2.24, 2.45) is 0 Å². The lowest BCUT2D eigenvalue weighted by Gasteiger charge is -2.14. The van der Waals surface area contributed by atoms with Crippen molar-refractivity contribution in [3.8, 4) is 0 Å². The quantitative estimate of drug-likeness (QED) is 0.674. The molecule has 1 atom stereocenters. The number of non-ortho nitro benzene ring substituents is 1. The van der Waals surface area contributed by atoms with Crippen LogP contribution in [0.15, 0.2) is 36.4 Å². The van der Waals surface area contributed by atoms with E-state index in [2.05, 4.69) is 5.32 Å². The monoisotopic (exact) mass is 296 g/mol. The molecule has 2 rings (SSSR count). The smallest absolute Gasteiger partial charge is 0.269 e. The van der Waals surface area contributed by atoms with E-state index >= 15 is 0 Å². The average Bonchev–Trinajstić information content (AvgIpc) is 2.83. The molecule has 0 aliphatic heterocycles. The van der Waals surface area contributed by atoms with E-state index in [0.29, 0.717) is 0 Å². The lowest BCUT2D eigenvalue weighted by molar-refractivity contribution is -0.384. The third-order valence-electron chi connectivity index (χ3n) is 2.87. The van der Waals surface area contributed by atoms with E-state index in [0.717, 1.165) is 21.2 Å². The van der Waals surface area contributed by atoms with E-state index in [1.165, 1.54) is 12.1 Å². The summed E-state index contributed by atoms with van der Waals surface area (Å²) in [6.45, 7) is 0. The first-order chi connectivity index (χ1) is 9.10. The Bertz CT molecular complexity index is 568. The summed E-state index contributed by atoms with van der Waals surface area (Å²) >= 11 is 7.48. The predicted octanol–water partition coefficient (Wildman–Crippen LogP) is 3.81. The van der Waals surface area contributed by atoms with E-state index < -0.39 is 4.92 Å². The number of likely N-dealkylation sites (N-methyl/N-ethyl adjacent to an activating group) is 1. The maximum Gasteiger partial charge on any atom is 0.269 e. The van der Waals surface area contributed by atoms with Gasteiger partial charge in [-0.3, -0.25) is 10.1 Å². The molecule has 0 radical (unpaired) electrons. The standard InChI is InChI=1S/C13H13ClN2O2S/c1-15-11(12-6-7-13(14)19-12)8-9-2-4-10(5-3-9)16(17)18/h2-7,11,15H,8H2,1H3. The summed E-state index contributed by atoms with van der Waals surface area (Å²) in [5.74, 6) is 0. The van der Waals surface area contributed by atoms with Crippen LogP contribution < -0.4 is 5.32 Å². The Morgan fingerprint density at radius 2 is 2.00 bits per heavy atom. The first kappa shape index (κ1) is 14.0. The molecule has 0 amide bonds. The third-order valence-corrected chi connectivity index (χ3v) is 4.22. The van der Waals surface area contributed by atoms with Crippen LogP contribution in [0.3, 0.4) is 0 Å². The molecular weight excluding hydrogens is 284 g/mol. The van der Waals surface area contributed by atoms with Crippen LogP contribution in [0.2, 0.25) is 4.34 Å². The molecular formula is C13H13ClN2O2S. The van der Waals surface area contributed by atoms with Crippen LogP contribution in [0.5, 0.6) is 0 Å². The van der Waals surface area contributed by atoms with E-state index in [1.54, 1.807) is 23.5 Å². The van der Waals surface area contributed by atoms with Crippen molar-refractivity contribution in [2.45, 2.75) is 12.5 Å². The highest BCUT2D eigenvalue weighted by atomic mass is 35.5. The highest BCUT2D eigenvalue weighted by molar-refractivity contribution is 7.16. The van der Waals surface area contributed by atoms with Gasteiger partial charge in [0.25, 0.3) is 5.69 Å². The second-order valence-electron chi connectivity index (χ2n) is 4.11. The number of hydrogen-bond donors (Lipinski definition) is 1. The number of hydrogen-bond acceptors (Lipinski definition) is 4. The molecule has 1 aromatic carbocycles. The Hall–Kier alpha value is -1.43. The molecule has 100 valence electrons. The molecule has 1 aromatic heterocycles. The molecule has 0 saturated carbocycles. The first-order valence-corrected chi connectivity index (χ1v) is 6.95. The maximum atomic E-state index is 10.6. The Labute approximate surface area is 120 Å². The molecule has 1 unspecified atom stereocenters. The predicted molar refractivity (Wildman–Crippen MR) is 77.9 cm³/mol. The molecule has 19 heavy (non-hydrogen) atoms. The van der Waals surface area contributed by atoms with E-state index in [-0.39, 0.29) is 11.7 Å². The minimum Gasteiger partial charge on any atom is -0.312 e. The number of nitro groups is 1. The summed E-state index contributed by atoms with van der Waals surface area (Å²) < 4.78 is 0.763.